The molecule has 3 aromatic rings. The van der Waals surface area contributed by atoms with E-state index in [2.05, 4.69) is 58.5 Å². The van der Waals surface area contributed by atoms with Crippen molar-refractivity contribution in [2.45, 2.75) is 69.0 Å². The van der Waals surface area contributed by atoms with Gasteiger partial charge in [-0.2, -0.15) is 4.80 Å². The average molecular weight is 611 g/mol. The molecule has 1 aromatic heterocycles. The van der Waals surface area contributed by atoms with Crippen molar-refractivity contribution in [3.63, 3.8) is 0 Å². The maximum absolute atomic E-state index is 12.5. The molecule has 1 amide bonds. The highest BCUT2D eigenvalue weighted by molar-refractivity contribution is 7.99. The second kappa shape index (κ2) is 14.3. The Hall–Kier alpha value is -2.87. The van der Waals surface area contributed by atoms with E-state index in [4.69, 9.17) is 4.74 Å². The maximum atomic E-state index is 12.5. The monoisotopic (exact) mass is 610 g/mol. The van der Waals surface area contributed by atoms with Crippen LogP contribution in [0.1, 0.15) is 46.2 Å². The second-order valence-electron chi connectivity index (χ2n) is 11.6. The predicted octanol–water partition coefficient (Wildman–Crippen LogP) is 1.36. The first-order valence-electron chi connectivity index (χ1n) is 14.8. The van der Waals surface area contributed by atoms with Gasteiger partial charge in [0.05, 0.1) is 0 Å². The molecule has 2 saturated heterocycles. The third kappa shape index (κ3) is 7.81. The number of amides is 1. The third-order valence-electron chi connectivity index (χ3n) is 8.41. The van der Waals surface area contributed by atoms with E-state index in [1.165, 1.54) is 27.7 Å². The van der Waals surface area contributed by atoms with Gasteiger partial charge < -0.3 is 29.9 Å². The fourth-order valence-corrected chi connectivity index (χ4v) is 6.26. The number of hydrogen-bond donors (Lipinski definition) is 3. The summed E-state index contributed by atoms with van der Waals surface area (Å²) in [4.78, 5) is 18.0. The van der Waals surface area contributed by atoms with E-state index >= 15 is 0 Å². The first-order valence-corrected chi connectivity index (χ1v) is 16.1. The molecule has 11 nitrogen and oxygen atoms in total. The van der Waals surface area contributed by atoms with Gasteiger partial charge in [-0.3, -0.25) is 4.79 Å². The lowest BCUT2D eigenvalue weighted by atomic mass is 9.91. The fraction of sp³-hybridized carbons (Fsp3) is 0.548. The standard InChI is InChI=1S/C31H42N6O5S/c1-20-7-12-23(30-28(40)27(39)29(41)31(42-30)43-3)18-24(20)17-22-10-8-21(9-11-22)5-4-6-25-32-34-37(33-25)19-26(38)36-15-13-35(2)14-16-36/h7-12,18,27-31,39-41H,4-6,13-17,19H2,1-3H3. The summed E-state index contributed by atoms with van der Waals surface area (Å²) in [5.74, 6) is 0.679. The van der Waals surface area contributed by atoms with Crippen LogP contribution in [0.5, 0.6) is 0 Å². The molecule has 0 radical (unpaired) electrons. The Balaban J connectivity index is 1.12. The molecule has 2 aliphatic heterocycles. The number of thioether (sulfide) groups is 1. The van der Waals surface area contributed by atoms with E-state index in [-0.39, 0.29) is 12.5 Å². The molecule has 43 heavy (non-hydrogen) atoms. The summed E-state index contributed by atoms with van der Waals surface area (Å²) in [6.45, 7) is 5.41. The first-order chi connectivity index (χ1) is 20.7. The van der Waals surface area contributed by atoms with Gasteiger partial charge in [-0.25, -0.2) is 0 Å². The Morgan fingerprint density at radius 2 is 1.70 bits per heavy atom. The molecule has 3 N–H and O–H groups in total. The highest BCUT2D eigenvalue weighted by Gasteiger charge is 2.44. The number of aliphatic hydroxyl groups is 3. The maximum Gasteiger partial charge on any atom is 0.246 e. The van der Waals surface area contributed by atoms with Gasteiger partial charge in [0, 0.05) is 32.6 Å². The van der Waals surface area contributed by atoms with Crippen molar-refractivity contribution < 1.29 is 24.9 Å². The normalized spacial score (nSPS) is 24.8. The van der Waals surface area contributed by atoms with Crippen LogP contribution in [-0.4, -0.2) is 114 Å². The summed E-state index contributed by atoms with van der Waals surface area (Å²) < 4.78 is 5.96. The van der Waals surface area contributed by atoms with Crippen molar-refractivity contribution in [3.05, 3.63) is 76.1 Å². The van der Waals surface area contributed by atoms with Gasteiger partial charge in [-0.15, -0.1) is 22.0 Å². The van der Waals surface area contributed by atoms with Crippen LogP contribution in [0.25, 0.3) is 0 Å². The molecule has 2 aliphatic rings. The lowest BCUT2D eigenvalue weighted by Gasteiger charge is -2.40. The summed E-state index contributed by atoms with van der Waals surface area (Å²) >= 11 is 1.31. The van der Waals surface area contributed by atoms with Crippen LogP contribution in [0.2, 0.25) is 0 Å². The minimum absolute atomic E-state index is 0.0295. The smallest absolute Gasteiger partial charge is 0.246 e. The van der Waals surface area contributed by atoms with Crippen molar-refractivity contribution in [1.29, 1.82) is 0 Å². The van der Waals surface area contributed by atoms with E-state index in [9.17, 15) is 20.1 Å². The van der Waals surface area contributed by atoms with Gasteiger partial charge in [-0.05, 0) is 72.5 Å². The fourth-order valence-electron chi connectivity index (χ4n) is 5.59. The molecule has 5 rings (SSSR count). The largest absolute Gasteiger partial charge is 0.387 e. The number of carbonyl (C=O) groups excluding carboxylic acids is 1. The molecule has 0 aliphatic carbocycles. The Morgan fingerprint density at radius 3 is 2.42 bits per heavy atom. The molecule has 5 atom stereocenters. The van der Waals surface area contributed by atoms with Crippen molar-refractivity contribution in [3.8, 4) is 0 Å². The lowest BCUT2D eigenvalue weighted by molar-refractivity contribution is -0.200. The highest BCUT2D eigenvalue weighted by Crippen LogP contribution is 2.36. The molecular formula is C31H42N6O5S. The number of tetrazole rings is 1. The number of nitrogens with zero attached hydrogens (tertiary/aromatic N) is 6. The van der Waals surface area contributed by atoms with Gasteiger partial charge in [-0.1, -0.05) is 42.5 Å². The number of rotatable bonds is 10. The van der Waals surface area contributed by atoms with Crippen molar-refractivity contribution in [2.24, 2.45) is 0 Å². The molecule has 0 saturated carbocycles. The zero-order valence-corrected chi connectivity index (χ0v) is 25.9. The summed E-state index contributed by atoms with van der Waals surface area (Å²) in [7, 11) is 2.06. The molecule has 2 aromatic carbocycles. The quantitative estimate of drug-likeness (QED) is 0.309. The van der Waals surface area contributed by atoms with Crippen LogP contribution in [0.15, 0.2) is 42.5 Å². The number of aryl methyl sites for hydroxylation is 3. The van der Waals surface area contributed by atoms with Crippen LogP contribution in [0.3, 0.4) is 0 Å². The van der Waals surface area contributed by atoms with Gasteiger partial charge in [0.15, 0.2) is 5.82 Å². The zero-order chi connectivity index (χ0) is 30.5. The van der Waals surface area contributed by atoms with Crippen LogP contribution in [-0.2, 0) is 35.3 Å². The number of ether oxygens (including phenoxy) is 1. The lowest BCUT2D eigenvalue weighted by Crippen LogP contribution is -2.52. The van der Waals surface area contributed by atoms with Crippen molar-refractivity contribution in [2.75, 3.05) is 39.5 Å². The molecule has 5 unspecified atom stereocenters. The van der Waals surface area contributed by atoms with Gasteiger partial charge in [0.25, 0.3) is 0 Å². The van der Waals surface area contributed by atoms with E-state index in [1.54, 1.807) is 0 Å². The van der Waals surface area contributed by atoms with Crippen LogP contribution in [0.4, 0.5) is 0 Å². The number of aliphatic hydroxyl groups excluding tert-OH is 3. The second-order valence-corrected chi connectivity index (χ2v) is 12.5. The SMILES string of the molecule is CSC1OC(c2ccc(C)c(Cc3ccc(CCCc4nnn(CC(=O)N5CCN(C)CC5)n4)cc3)c2)C(O)C(O)C1O. The van der Waals surface area contributed by atoms with Gasteiger partial charge >= 0.3 is 0 Å². The number of likely N-dealkylation sites (N-methyl/N-ethyl adjacent to an activating group) is 1. The average Bonchev–Trinajstić information content (AvgIpc) is 3.45. The minimum atomic E-state index is -1.27. The van der Waals surface area contributed by atoms with Crippen molar-refractivity contribution >= 4 is 17.7 Å². The van der Waals surface area contributed by atoms with E-state index in [1.807, 2.05) is 29.4 Å². The molecule has 232 valence electrons. The Bertz CT molecular complexity index is 1360. The van der Waals surface area contributed by atoms with E-state index < -0.39 is 29.9 Å². The minimum Gasteiger partial charge on any atom is -0.387 e. The molecular weight excluding hydrogens is 568 g/mol. The summed E-state index contributed by atoms with van der Waals surface area (Å²) in [5, 5.41) is 43.8. The van der Waals surface area contributed by atoms with E-state index in [0.717, 1.165) is 62.1 Å². The number of carbonyl (C=O) groups is 1. The van der Waals surface area contributed by atoms with Crippen LogP contribution in [0, 0.1) is 6.92 Å². The summed E-state index contributed by atoms with van der Waals surface area (Å²) in [6.07, 6.45) is 0.635. The Morgan fingerprint density at radius 1 is 0.977 bits per heavy atom. The van der Waals surface area contributed by atoms with Crippen LogP contribution < -0.4 is 0 Å². The van der Waals surface area contributed by atoms with Crippen LogP contribution >= 0.6 is 11.8 Å². The summed E-state index contributed by atoms with van der Waals surface area (Å²) in [5.41, 5.74) is 4.81. The van der Waals surface area contributed by atoms with Gasteiger partial charge in [0.1, 0.15) is 36.4 Å². The number of piperazine rings is 1. The number of aromatic nitrogens is 4. The summed E-state index contributed by atoms with van der Waals surface area (Å²) in [6, 6.07) is 14.5. The van der Waals surface area contributed by atoms with E-state index in [0.29, 0.717) is 12.2 Å². The highest BCUT2D eigenvalue weighted by atomic mass is 32.2. The zero-order valence-electron chi connectivity index (χ0n) is 25.0. The van der Waals surface area contributed by atoms with Crippen molar-refractivity contribution in [1.82, 2.24) is 30.0 Å². The Labute approximate surface area is 256 Å². The molecule has 12 heteroatoms. The third-order valence-corrected chi connectivity index (χ3v) is 9.27. The molecule has 3 heterocycles. The number of benzene rings is 2. The van der Waals surface area contributed by atoms with Gasteiger partial charge in [0.2, 0.25) is 5.91 Å². The predicted molar refractivity (Wildman–Crippen MR) is 163 cm³/mol. The molecule has 0 bridgehead atoms. The molecule has 2 fully saturated rings. The number of hydrogen-bond acceptors (Lipinski definition) is 10. The topological polar surface area (TPSA) is 137 Å². The Kier molecular flexibility index (Phi) is 10.5. The first kappa shape index (κ1) is 31.6. The molecule has 0 spiro atoms.